The zero-order chi connectivity index (χ0) is 12.4. The van der Waals surface area contributed by atoms with Gasteiger partial charge in [-0.05, 0) is 24.1 Å². The lowest BCUT2D eigenvalue weighted by Gasteiger charge is -2.09. The third kappa shape index (κ3) is 2.22. The van der Waals surface area contributed by atoms with Gasteiger partial charge in [-0.1, -0.05) is 23.7 Å². The van der Waals surface area contributed by atoms with E-state index in [0.29, 0.717) is 22.4 Å². The maximum atomic E-state index is 6.15. The van der Waals surface area contributed by atoms with Crippen LogP contribution in [0.1, 0.15) is 12.5 Å². The summed E-state index contributed by atoms with van der Waals surface area (Å²) in [7, 11) is 1.57. The molecule has 0 atom stereocenters. The number of nitrogens with zero attached hydrogens (tertiary/aromatic N) is 1. The quantitative estimate of drug-likeness (QED) is 0.912. The van der Waals surface area contributed by atoms with E-state index in [9.17, 15) is 0 Å². The van der Waals surface area contributed by atoms with Gasteiger partial charge in [0, 0.05) is 6.07 Å². The minimum atomic E-state index is 0.333. The molecule has 0 saturated carbocycles. The molecule has 0 unspecified atom stereocenters. The lowest BCUT2D eigenvalue weighted by molar-refractivity contribution is 0.407. The highest BCUT2D eigenvalue weighted by molar-refractivity contribution is 6.32. The topological polar surface area (TPSA) is 61.3 Å². The summed E-state index contributed by atoms with van der Waals surface area (Å²) in [5.41, 5.74) is 7.40. The van der Waals surface area contributed by atoms with Crippen LogP contribution in [0.2, 0.25) is 5.02 Å². The number of aromatic nitrogens is 1. The van der Waals surface area contributed by atoms with Crippen molar-refractivity contribution in [2.75, 3.05) is 12.8 Å². The van der Waals surface area contributed by atoms with Crippen LogP contribution in [0.5, 0.6) is 5.75 Å². The van der Waals surface area contributed by atoms with E-state index in [4.69, 9.17) is 26.6 Å². The molecule has 4 nitrogen and oxygen atoms in total. The zero-order valence-electron chi connectivity index (χ0n) is 9.66. The fourth-order valence-corrected chi connectivity index (χ4v) is 1.98. The normalized spacial score (nSPS) is 10.5. The molecule has 2 aromatic rings. The molecule has 0 amide bonds. The summed E-state index contributed by atoms with van der Waals surface area (Å²) in [6.07, 6.45) is 0.875. The van der Waals surface area contributed by atoms with Crippen molar-refractivity contribution < 1.29 is 9.26 Å². The molecule has 0 fully saturated rings. The van der Waals surface area contributed by atoms with Crippen molar-refractivity contribution in [2.45, 2.75) is 13.3 Å². The number of aryl methyl sites for hydroxylation is 1. The van der Waals surface area contributed by atoms with Crippen LogP contribution < -0.4 is 10.5 Å². The second-order valence-corrected chi connectivity index (χ2v) is 4.04. The van der Waals surface area contributed by atoms with Crippen LogP contribution in [0.15, 0.2) is 22.7 Å². The summed E-state index contributed by atoms with van der Waals surface area (Å²) < 4.78 is 10.4. The largest absolute Gasteiger partial charge is 0.494 e. The van der Waals surface area contributed by atoms with Gasteiger partial charge >= 0.3 is 0 Å². The standard InChI is InChI=1S/C12H13ClN2O2/c1-3-7-4-8(10-6-11(14)15-17-10)12(16-2)9(13)5-7/h4-6H,3H2,1-2H3,(H2,14,15). The van der Waals surface area contributed by atoms with Crippen LogP contribution in [0, 0.1) is 0 Å². The predicted molar refractivity (Wildman–Crippen MR) is 67.3 cm³/mol. The third-order valence-corrected chi connectivity index (χ3v) is 2.79. The van der Waals surface area contributed by atoms with Crippen LogP contribution in [0.3, 0.4) is 0 Å². The number of benzene rings is 1. The van der Waals surface area contributed by atoms with Crippen LogP contribution in [-0.4, -0.2) is 12.3 Å². The van der Waals surface area contributed by atoms with E-state index in [1.54, 1.807) is 13.2 Å². The van der Waals surface area contributed by atoms with E-state index >= 15 is 0 Å². The summed E-state index contributed by atoms with van der Waals surface area (Å²) in [5, 5.41) is 4.21. The average Bonchev–Trinajstić information content (AvgIpc) is 2.74. The maximum absolute atomic E-state index is 6.15. The molecule has 0 spiro atoms. The van der Waals surface area contributed by atoms with Gasteiger partial charge in [-0.25, -0.2) is 0 Å². The Kier molecular flexibility index (Phi) is 3.24. The molecule has 0 aliphatic carbocycles. The smallest absolute Gasteiger partial charge is 0.172 e. The van der Waals surface area contributed by atoms with Crippen molar-refractivity contribution >= 4 is 17.4 Å². The first kappa shape index (κ1) is 11.8. The molecule has 1 aromatic heterocycles. The monoisotopic (exact) mass is 252 g/mol. The van der Waals surface area contributed by atoms with Crippen molar-refractivity contribution in [3.05, 3.63) is 28.8 Å². The van der Waals surface area contributed by atoms with Crippen molar-refractivity contribution in [1.82, 2.24) is 5.16 Å². The molecule has 2 rings (SSSR count). The number of nitrogen functional groups attached to an aromatic ring is 1. The van der Waals surface area contributed by atoms with Gasteiger partial charge < -0.3 is 15.0 Å². The Balaban J connectivity index is 2.61. The number of hydrogen-bond donors (Lipinski definition) is 1. The fourth-order valence-electron chi connectivity index (χ4n) is 1.66. The fraction of sp³-hybridized carbons (Fsp3) is 0.250. The maximum Gasteiger partial charge on any atom is 0.172 e. The van der Waals surface area contributed by atoms with E-state index in [0.717, 1.165) is 17.5 Å². The number of rotatable bonds is 3. The van der Waals surface area contributed by atoms with Gasteiger partial charge in [0.1, 0.15) is 5.75 Å². The molecular weight excluding hydrogens is 240 g/mol. The second kappa shape index (κ2) is 4.67. The Morgan fingerprint density at radius 1 is 1.41 bits per heavy atom. The van der Waals surface area contributed by atoms with Crippen molar-refractivity contribution in [2.24, 2.45) is 0 Å². The van der Waals surface area contributed by atoms with E-state index in [1.165, 1.54) is 0 Å². The summed E-state index contributed by atoms with van der Waals surface area (Å²) in [5.74, 6) is 1.46. The van der Waals surface area contributed by atoms with Gasteiger partial charge in [-0.3, -0.25) is 0 Å². The number of ether oxygens (including phenoxy) is 1. The molecule has 0 bridgehead atoms. The first-order valence-electron chi connectivity index (χ1n) is 5.24. The molecular formula is C12H13ClN2O2. The average molecular weight is 253 g/mol. The molecule has 2 N–H and O–H groups in total. The summed E-state index contributed by atoms with van der Waals surface area (Å²) in [6, 6.07) is 5.49. The number of hydrogen-bond acceptors (Lipinski definition) is 4. The number of methoxy groups -OCH3 is 1. The van der Waals surface area contributed by atoms with Gasteiger partial charge in [0.15, 0.2) is 11.6 Å². The van der Waals surface area contributed by atoms with Crippen LogP contribution in [0.4, 0.5) is 5.82 Å². The lowest BCUT2D eigenvalue weighted by Crippen LogP contribution is -1.91. The Bertz CT molecular complexity index is 537. The molecule has 1 aromatic carbocycles. The second-order valence-electron chi connectivity index (χ2n) is 3.63. The van der Waals surface area contributed by atoms with Gasteiger partial charge in [0.05, 0.1) is 17.7 Å². The van der Waals surface area contributed by atoms with Gasteiger partial charge in [-0.15, -0.1) is 0 Å². The number of anilines is 1. The van der Waals surface area contributed by atoms with Gasteiger partial charge in [-0.2, -0.15) is 0 Å². The molecule has 1 heterocycles. The van der Waals surface area contributed by atoms with Gasteiger partial charge in [0.2, 0.25) is 0 Å². The van der Waals surface area contributed by atoms with Crippen molar-refractivity contribution in [3.63, 3.8) is 0 Å². The highest BCUT2D eigenvalue weighted by atomic mass is 35.5. The van der Waals surface area contributed by atoms with Gasteiger partial charge in [0.25, 0.3) is 0 Å². The van der Waals surface area contributed by atoms with Crippen LogP contribution in [-0.2, 0) is 6.42 Å². The molecule has 0 aliphatic rings. The van der Waals surface area contributed by atoms with E-state index < -0.39 is 0 Å². The minimum absolute atomic E-state index is 0.333. The molecule has 0 radical (unpaired) electrons. The number of halogens is 1. The molecule has 17 heavy (non-hydrogen) atoms. The molecule has 0 saturated heterocycles. The lowest BCUT2D eigenvalue weighted by atomic mass is 10.1. The van der Waals surface area contributed by atoms with Crippen molar-refractivity contribution in [1.29, 1.82) is 0 Å². The summed E-state index contributed by atoms with van der Waals surface area (Å²) in [4.78, 5) is 0. The van der Waals surface area contributed by atoms with Crippen molar-refractivity contribution in [3.8, 4) is 17.1 Å². The number of nitrogens with two attached hydrogens (primary N) is 1. The van der Waals surface area contributed by atoms with Crippen LogP contribution >= 0.6 is 11.6 Å². The SMILES string of the molecule is CCc1cc(Cl)c(OC)c(-c2cc(N)no2)c1. The Labute approximate surface area is 104 Å². The predicted octanol–water partition coefficient (Wildman–Crippen LogP) is 3.15. The molecule has 90 valence electrons. The Morgan fingerprint density at radius 3 is 2.71 bits per heavy atom. The summed E-state index contributed by atoms with van der Waals surface area (Å²) >= 11 is 6.15. The molecule has 0 aliphatic heterocycles. The zero-order valence-corrected chi connectivity index (χ0v) is 10.4. The Hall–Kier alpha value is -1.68. The van der Waals surface area contributed by atoms with E-state index in [2.05, 4.69) is 12.1 Å². The molecule has 5 heteroatoms. The Morgan fingerprint density at radius 2 is 2.18 bits per heavy atom. The van der Waals surface area contributed by atoms with Crippen LogP contribution in [0.25, 0.3) is 11.3 Å². The minimum Gasteiger partial charge on any atom is -0.494 e. The summed E-state index contributed by atoms with van der Waals surface area (Å²) in [6.45, 7) is 2.05. The van der Waals surface area contributed by atoms with E-state index in [-0.39, 0.29) is 0 Å². The first-order chi connectivity index (χ1) is 8.15. The third-order valence-electron chi connectivity index (χ3n) is 2.51. The first-order valence-corrected chi connectivity index (χ1v) is 5.62. The highest BCUT2D eigenvalue weighted by Crippen LogP contribution is 2.38. The highest BCUT2D eigenvalue weighted by Gasteiger charge is 2.15. The van der Waals surface area contributed by atoms with E-state index in [1.807, 2.05) is 12.1 Å².